The molecule has 1 aliphatic rings. The Balaban J connectivity index is 2.85. The zero-order chi connectivity index (χ0) is 8.43. The Morgan fingerprint density at radius 2 is 2.27 bits per heavy atom. The second kappa shape index (κ2) is 3.30. The highest BCUT2D eigenvalue weighted by molar-refractivity contribution is 7.84. The van der Waals surface area contributed by atoms with Gasteiger partial charge in [0.1, 0.15) is 0 Å². The molecule has 0 radical (unpaired) electrons. The molecule has 0 spiro atoms. The van der Waals surface area contributed by atoms with Crippen molar-refractivity contribution in [1.29, 1.82) is 0 Å². The molecule has 0 atom stereocenters. The highest BCUT2D eigenvalue weighted by Crippen LogP contribution is 2.25. The highest BCUT2D eigenvalue weighted by atomic mass is 32.1. The minimum absolute atomic E-state index is 0.191. The summed E-state index contributed by atoms with van der Waals surface area (Å²) < 4.78 is 4.79. The van der Waals surface area contributed by atoms with Crippen LogP contribution in [0.3, 0.4) is 0 Å². The normalized spacial score (nSPS) is 22.4. The first-order valence-corrected chi connectivity index (χ1v) is 4.16. The second-order valence-corrected chi connectivity index (χ2v) is 3.39. The monoisotopic (exact) mass is 172 g/mol. The van der Waals surface area contributed by atoms with Gasteiger partial charge < -0.3 is 4.74 Å². The van der Waals surface area contributed by atoms with Gasteiger partial charge in [-0.1, -0.05) is 13.8 Å². The number of carbonyl (C=O) groups is 1. The van der Waals surface area contributed by atoms with Crippen LogP contribution >= 0.6 is 12.6 Å². The van der Waals surface area contributed by atoms with E-state index < -0.39 is 0 Å². The number of ether oxygens (including phenoxy) is 1. The van der Waals surface area contributed by atoms with Crippen LogP contribution in [0, 0.1) is 5.92 Å². The van der Waals surface area contributed by atoms with Crippen LogP contribution in [0.15, 0.2) is 10.5 Å². The lowest BCUT2D eigenvalue weighted by atomic mass is 10.1. The predicted molar refractivity (Wildman–Crippen MR) is 46.4 cm³/mol. The van der Waals surface area contributed by atoms with E-state index in [1.807, 2.05) is 13.8 Å². The number of esters is 1. The molecule has 0 aromatic heterocycles. The molecule has 1 heterocycles. The fourth-order valence-electron chi connectivity index (χ4n) is 1.02. The summed E-state index contributed by atoms with van der Waals surface area (Å²) in [5.74, 6) is 0.127. The molecule has 1 saturated heterocycles. The van der Waals surface area contributed by atoms with E-state index in [1.54, 1.807) is 0 Å². The van der Waals surface area contributed by atoms with Gasteiger partial charge in [-0.3, -0.25) is 0 Å². The van der Waals surface area contributed by atoms with Crippen LogP contribution < -0.4 is 0 Å². The number of allylic oxidation sites excluding steroid dienone is 1. The number of hydrogen-bond acceptors (Lipinski definition) is 3. The molecule has 0 saturated carbocycles. The van der Waals surface area contributed by atoms with Crippen LogP contribution in [-0.2, 0) is 9.53 Å². The minimum Gasteiger partial charge on any atom is -0.462 e. The molecule has 1 fully saturated rings. The summed E-state index contributed by atoms with van der Waals surface area (Å²) in [5.41, 5.74) is 0.753. The summed E-state index contributed by atoms with van der Waals surface area (Å²) in [7, 11) is 0. The van der Waals surface area contributed by atoms with Crippen LogP contribution in [0.4, 0.5) is 0 Å². The van der Waals surface area contributed by atoms with Crippen LogP contribution in [0.2, 0.25) is 0 Å². The third kappa shape index (κ3) is 1.77. The number of thiol groups is 1. The van der Waals surface area contributed by atoms with Gasteiger partial charge in [-0.2, -0.15) is 0 Å². The lowest BCUT2D eigenvalue weighted by Gasteiger charge is -2.05. The number of hydrogen-bond donors (Lipinski definition) is 1. The number of cyclic esters (lactones) is 1. The largest absolute Gasteiger partial charge is 0.462 e. The topological polar surface area (TPSA) is 26.3 Å². The van der Waals surface area contributed by atoms with Crippen molar-refractivity contribution in [2.24, 2.45) is 5.92 Å². The van der Waals surface area contributed by atoms with Crippen molar-refractivity contribution in [2.75, 3.05) is 6.61 Å². The summed E-state index contributed by atoms with van der Waals surface area (Å²) >= 11 is 4.26. The van der Waals surface area contributed by atoms with Crippen LogP contribution in [0.25, 0.3) is 0 Å². The molecule has 0 N–H and O–H groups in total. The molecule has 0 aromatic carbocycles. The molecule has 3 heteroatoms. The van der Waals surface area contributed by atoms with Crippen molar-refractivity contribution in [3.8, 4) is 0 Å². The van der Waals surface area contributed by atoms with Gasteiger partial charge in [0.25, 0.3) is 0 Å². The van der Waals surface area contributed by atoms with Crippen LogP contribution in [0.1, 0.15) is 20.3 Å². The van der Waals surface area contributed by atoms with Crippen molar-refractivity contribution in [3.05, 3.63) is 10.5 Å². The first-order chi connectivity index (χ1) is 5.13. The van der Waals surface area contributed by atoms with Gasteiger partial charge in [0, 0.05) is 6.42 Å². The first-order valence-electron chi connectivity index (χ1n) is 3.72. The van der Waals surface area contributed by atoms with E-state index in [2.05, 4.69) is 12.6 Å². The Kier molecular flexibility index (Phi) is 2.60. The summed E-state index contributed by atoms with van der Waals surface area (Å²) in [5, 5.41) is 0. The van der Waals surface area contributed by atoms with Gasteiger partial charge in [0.15, 0.2) is 0 Å². The van der Waals surface area contributed by atoms with Gasteiger partial charge >= 0.3 is 5.97 Å². The lowest BCUT2D eigenvalue weighted by Crippen LogP contribution is -2.00. The fraction of sp³-hybridized carbons (Fsp3) is 0.625. The third-order valence-corrected chi connectivity index (χ3v) is 2.47. The Morgan fingerprint density at radius 3 is 2.64 bits per heavy atom. The molecule has 2 nitrogen and oxygen atoms in total. The molecule has 0 aliphatic carbocycles. The number of rotatable bonds is 1. The second-order valence-electron chi connectivity index (χ2n) is 2.90. The van der Waals surface area contributed by atoms with E-state index in [1.165, 1.54) is 0 Å². The highest BCUT2D eigenvalue weighted by Gasteiger charge is 2.22. The van der Waals surface area contributed by atoms with Gasteiger partial charge in [-0.05, 0) is 10.8 Å². The minimum atomic E-state index is -0.191. The van der Waals surface area contributed by atoms with Gasteiger partial charge in [-0.25, -0.2) is 4.79 Å². The van der Waals surface area contributed by atoms with E-state index >= 15 is 0 Å². The maximum atomic E-state index is 11.0. The van der Waals surface area contributed by atoms with Gasteiger partial charge in [0.05, 0.1) is 12.2 Å². The Bertz CT molecular complexity index is 206. The summed E-state index contributed by atoms with van der Waals surface area (Å²) in [6.45, 7) is 4.55. The SMILES string of the molecule is CC(C)/C(S)=C1\CCOC1=O. The molecule has 0 bridgehead atoms. The van der Waals surface area contributed by atoms with E-state index in [4.69, 9.17) is 4.74 Å². The smallest absolute Gasteiger partial charge is 0.334 e. The van der Waals surface area contributed by atoms with Crippen molar-refractivity contribution in [2.45, 2.75) is 20.3 Å². The van der Waals surface area contributed by atoms with Crippen LogP contribution in [-0.4, -0.2) is 12.6 Å². The van der Waals surface area contributed by atoms with E-state index in [0.29, 0.717) is 12.5 Å². The molecule has 62 valence electrons. The summed E-state index contributed by atoms with van der Waals surface area (Å²) in [6, 6.07) is 0. The Hall–Kier alpha value is -0.440. The zero-order valence-electron chi connectivity index (χ0n) is 6.76. The third-order valence-electron chi connectivity index (χ3n) is 1.69. The van der Waals surface area contributed by atoms with E-state index in [9.17, 15) is 4.79 Å². The summed E-state index contributed by atoms with van der Waals surface area (Å²) in [6.07, 6.45) is 0.718. The Labute approximate surface area is 72.0 Å². The van der Waals surface area contributed by atoms with Crippen molar-refractivity contribution < 1.29 is 9.53 Å². The molecule has 1 rings (SSSR count). The molecule has 0 unspecified atom stereocenters. The van der Waals surface area contributed by atoms with E-state index in [0.717, 1.165) is 16.9 Å². The van der Waals surface area contributed by atoms with Gasteiger partial charge in [0.2, 0.25) is 0 Å². The average molecular weight is 172 g/mol. The quantitative estimate of drug-likeness (QED) is 0.370. The molecule has 0 aromatic rings. The standard InChI is InChI=1S/C8H12O2S/c1-5(2)7(11)6-3-4-10-8(6)9/h5,11H,3-4H2,1-2H3/b7-6-. The van der Waals surface area contributed by atoms with Crippen LogP contribution in [0.5, 0.6) is 0 Å². The molecule has 11 heavy (non-hydrogen) atoms. The predicted octanol–water partition coefficient (Wildman–Crippen LogP) is 1.77. The maximum absolute atomic E-state index is 11.0. The zero-order valence-corrected chi connectivity index (χ0v) is 7.65. The molecular weight excluding hydrogens is 160 g/mol. The molecule has 1 aliphatic heterocycles. The molecular formula is C8H12O2S. The Morgan fingerprint density at radius 1 is 1.64 bits per heavy atom. The maximum Gasteiger partial charge on any atom is 0.334 e. The van der Waals surface area contributed by atoms with Crippen molar-refractivity contribution >= 4 is 18.6 Å². The first kappa shape index (κ1) is 8.65. The van der Waals surface area contributed by atoms with E-state index in [-0.39, 0.29) is 5.97 Å². The van der Waals surface area contributed by atoms with Crippen molar-refractivity contribution in [1.82, 2.24) is 0 Å². The van der Waals surface area contributed by atoms with Crippen molar-refractivity contribution in [3.63, 3.8) is 0 Å². The number of carbonyl (C=O) groups excluding carboxylic acids is 1. The fourth-order valence-corrected chi connectivity index (χ4v) is 1.22. The van der Waals surface area contributed by atoms with Gasteiger partial charge in [-0.15, -0.1) is 12.6 Å². The lowest BCUT2D eigenvalue weighted by molar-refractivity contribution is -0.135. The summed E-state index contributed by atoms with van der Waals surface area (Å²) in [4.78, 5) is 11.9. The molecule has 0 amide bonds. The average Bonchev–Trinajstić information content (AvgIpc) is 2.33.